The second-order valence-corrected chi connectivity index (χ2v) is 12.9. The van der Waals surface area contributed by atoms with Crippen LogP contribution in [0.25, 0.3) is 0 Å². The van der Waals surface area contributed by atoms with Gasteiger partial charge >= 0.3 is 7.05 Å². The first-order chi connectivity index (χ1) is 18.0. The van der Waals surface area contributed by atoms with Crippen molar-refractivity contribution in [3.05, 3.63) is 24.3 Å². The zero-order valence-electron chi connectivity index (χ0n) is 22.8. The van der Waals surface area contributed by atoms with Crippen molar-refractivity contribution in [2.45, 2.75) is 127 Å². The van der Waals surface area contributed by atoms with Crippen LogP contribution in [0.2, 0.25) is 6.82 Å². The van der Waals surface area contributed by atoms with Crippen molar-refractivity contribution in [3.63, 3.8) is 0 Å². The summed E-state index contributed by atoms with van der Waals surface area (Å²) in [5.74, 6) is 1.95. The Hall–Kier alpha value is -1.57. The third-order valence-corrected chi connectivity index (χ3v) is 10.4. The van der Waals surface area contributed by atoms with Crippen LogP contribution in [0.4, 0.5) is 11.4 Å². The molecule has 37 heavy (non-hydrogen) atoms. The number of hydrogen-bond donors (Lipinski definition) is 3. The standard InChI is InChI=1S/C30H47BN4O2/c1-31(37)34-15-7-14-29(34)30(36)33-28-13-5-4-12-27(28)32-23-19-24-10-6-11-25(20-23)35(24)26-17-21-8-2-3-9-22(16-21)18-26/h4-5,12-13,21-26,29,32,37H,2-3,6-11,14-20H2,1H3,(H,33,36)/t21-,22+,23-,24+,25-,26-,29-/m0/s1. The van der Waals surface area contributed by atoms with E-state index in [9.17, 15) is 9.82 Å². The van der Waals surface area contributed by atoms with Gasteiger partial charge in [0.1, 0.15) is 0 Å². The summed E-state index contributed by atoms with van der Waals surface area (Å²) in [4.78, 5) is 18.1. The van der Waals surface area contributed by atoms with E-state index in [2.05, 4.69) is 27.7 Å². The maximum absolute atomic E-state index is 13.2. The number of nitrogens with one attached hydrogen (secondary N) is 2. The van der Waals surface area contributed by atoms with Crippen LogP contribution in [-0.4, -0.2) is 64.4 Å². The Bertz CT molecular complexity index is 916. The van der Waals surface area contributed by atoms with Gasteiger partial charge in [-0.1, -0.05) is 44.2 Å². The van der Waals surface area contributed by atoms with Gasteiger partial charge in [0.05, 0.1) is 17.4 Å². The Morgan fingerprint density at radius 2 is 1.51 bits per heavy atom. The lowest BCUT2D eigenvalue weighted by molar-refractivity contribution is -0.119. The molecule has 5 aliphatic rings. The average molecular weight is 507 g/mol. The lowest BCUT2D eigenvalue weighted by atomic mass is 9.73. The van der Waals surface area contributed by atoms with Crippen LogP contribution in [0.5, 0.6) is 0 Å². The van der Waals surface area contributed by atoms with E-state index in [1.54, 1.807) is 6.82 Å². The fraction of sp³-hybridized carbons (Fsp3) is 0.767. The molecule has 7 heteroatoms. The minimum atomic E-state index is -0.593. The maximum atomic E-state index is 13.2. The van der Waals surface area contributed by atoms with Crippen LogP contribution in [0.1, 0.15) is 89.9 Å². The summed E-state index contributed by atoms with van der Waals surface area (Å²) in [6.45, 7) is 2.53. The molecule has 7 atom stereocenters. The summed E-state index contributed by atoms with van der Waals surface area (Å²) in [6.07, 6.45) is 18.5. The molecule has 6 nitrogen and oxygen atoms in total. The van der Waals surface area contributed by atoms with Crippen molar-refractivity contribution < 1.29 is 9.82 Å². The molecule has 3 N–H and O–H groups in total. The Morgan fingerprint density at radius 3 is 2.19 bits per heavy atom. The van der Waals surface area contributed by atoms with Crippen LogP contribution in [-0.2, 0) is 4.79 Å². The van der Waals surface area contributed by atoms with Gasteiger partial charge in [0.25, 0.3) is 0 Å². The summed E-state index contributed by atoms with van der Waals surface area (Å²) >= 11 is 0. The molecular weight excluding hydrogens is 459 g/mol. The second-order valence-electron chi connectivity index (χ2n) is 12.9. The van der Waals surface area contributed by atoms with Gasteiger partial charge in [-0.3, -0.25) is 9.69 Å². The molecule has 5 fully saturated rings. The minimum absolute atomic E-state index is 0.00176. The predicted octanol–water partition coefficient (Wildman–Crippen LogP) is 5.36. The predicted molar refractivity (Wildman–Crippen MR) is 152 cm³/mol. The van der Waals surface area contributed by atoms with Gasteiger partial charge in [-0.05, 0) is 95.1 Å². The zero-order valence-corrected chi connectivity index (χ0v) is 22.8. The van der Waals surface area contributed by atoms with E-state index in [0.29, 0.717) is 18.1 Å². The van der Waals surface area contributed by atoms with Gasteiger partial charge in [0, 0.05) is 24.2 Å². The van der Waals surface area contributed by atoms with Gasteiger partial charge in [-0.25, -0.2) is 0 Å². The number of hydrogen-bond acceptors (Lipinski definition) is 5. The molecule has 0 unspecified atom stereocenters. The normalized spacial score (nSPS) is 36.5. The number of rotatable bonds is 6. The lowest BCUT2D eigenvalue weighted by Crippen LogP contribution is -2.59. The van der Waals surface area contributed by atoms with Crippen molar-refractivity contribution >= 4 is 24.3 Å². The zero-order chi connectivity index (χ0) is 25.4. The molecule has 6 rings (SSSR count). The Balaban J connectivity index is 1.12. The fourth-order valence-electron chi connectivity index (χ4n) is 8.91. The number of nitrogens with zero attached hydrogens (tertiary/aromatic N) is 2. The van der Waals surface area contributed by atoms with Gasteiger partial charge in [0.2, 0.25) is 5.91 Å². The average Bonchev–Trinajstić information content (AvgIpc) is 3.32. The highest BCUT2D eigenvalue weighted by atomic mass is 16.2. The van der Waals surface area contributed by atoms with Crippen LogP contribution in [0, 0.1) is 11.8 Å². The molecule has 3 aliphatic heterocycles. The van der Waals surface area contributed by atoms with E-state index in [4.69, 9.17) is 0 Å². The van der Waals surface area contributed by atoms with E-state index >= 15 is 0 Å². The van der Waals surface area contributed by atoms with Crippen molar-refractivity contribution in [2.75, 3.05) is 17.2 Å². The molecule has 4 bridgehead atoms. The first-order valence-corrected chi connectivity index (χ1v) is 15.4. The molecule has 0 aromatic heterocycles. The highest BCUT2D eigenvalue weighted by Crippen LogP contribution is 2.45. The summed E-state index contributed by atoms with van der Waals surface area (Å²) in [5, 5.41) is 17.2. The molecule has 1 aromatic carbocycles. The molecule has 3 heterocycles. The van der Waals surface area contributed by atoms with Gasteiger partial charge < -0.3 is 20.5 Å². The van der Waals surface area contributed by atoms with E-state index in [1.165, 1.54) is 77.0 Å². The SMILES string of the molecule is CB(O)N1CCC[C@H]1C(=O)Nc1ccccc1N[C@H]1C[C@H]2CCC[C@@H](C1)N2[C@@H]1C[C@@H]2CCCC[C@@H](C2)C1. The number of carbonyl (C=O) groups is 1. The van der Waals surface area contributed by atoms with Crippen molar-refractivity contribution in [1.29, 1.82) is 0 Å². The largest absolute Gasteiger partial charge is 0.437 e. The summed E-state index contributed by atoms with van der Waals surface area (Å²) in [6, 6.07) is 10.6. The molecular formula is C30H47BN4O2. The first kappa shape index (κ1) is 25.7. The van der Waals surface area contributed by atoms with Crippen molar-refractivity contribution in [2.24, 2.45) is 11.8 Å². The Morgan fingerprint density at radius 1 is 0.838 bits per heavy atom. The molecule has 1 aromatic rings. The number of anilines is 2. The molecule has 3 saturated heterocycles. The first-order valence-electron chi connectivity index (χ1n) is 15.4. The van der Waals surface area contributed by atoms with Gasteiger partial charge in [0.15, 0.2) is 0 Å². The van der Waals surface area contributed by atoms with Crippen LogP contribution in [0.3, 0.4) is 0 Å². The number of amides is 1. The summed E-state index contributed by atoms with van der Waals surface area (Å²) in [7, 11) is -0.593. The third-order valence-electron chi connectivity index (χ3n) is 10.4. The van der Waals surface area contributed by atoms with Crippen LogP contribution in [0.15, 0.2) is 24.3 Å². The molecule has 1 amide bonds. The number of piperidine rings is 2. The molecule has 0 radical (unpaired) electrons. The quantitative estimate of drug-likeness (QED) is 0.454. The number of carbonyl (C=O) groups excluding carboxylic acids is 1. The Kier molecular flexibility index (Phi) is 7.83. The third kappa shape index (κ3) is 5.60. The molecule has 2 saturated carbocycles. The van der Waals surface area contributed by atoms with E-state index in [-0.39, 0.29) is 11.9 Å². The fourth-order valence-corrected chi connectivity index (χ4v) is 8.91. The monoisotopic (exact) mass is 506 g/mol. The lowest BCUT2D eigenvalue weighted by Gasteiger charge is -2.54. The van der Waals surface area contributed by atoms with Crippen LogP contribution >= 0.6 is 0 Å². The highest BCUT2D eigenvalue weighted by molar-refractivity contribution is 6.46. The molecule has 2 aliphatic carbocycles. The molecule has 202 valence electrons. The summed E-state index contributed by atoms with van der Waals surface area (Å²) < 4.78 is 0. The maximum Gasteiger partial charge on any atom is 0.377 e. The number of benzene rings is 1. The minimum Gasteiger partial charge on any atom is -0.437 e. The van der Waals surface area contributed by atoms with Gasteiger partial charge in [-0.15, -0.1) is 0 Å². The van der Waals surface area contributed by atoms with Crippen molar-refractivity contribution in [1.82, 2.24) is 9.71 Å². The molecule has 0 spiro atoms. The van der Waals surface area contributed by atoms with Crippen molar-refractivity contribution in [3.8, 4) is 0 Å². The smallest absolute Gasteiger partial charge is 0.377 e. The Labute approximate surface area is 224 Å². The van der Waals surface area contributed by atoms with E-state index < -0.39 is 7.05 Å². The topological polar surface area (TPSA) is 67.8 Å². The van der Waals surface area contributed by atoms with E-state index in [0.717, 1.165) is 48.6 Å². The highest BCUT2D eigenvalue weighted by Gasteiger charge is 2.44. The second kappa shape index (κ2) is 11.3. The van der Waals surface area contributed by atoms with Gasteiger partial charge in [-0.2, -0.15) is 0 Å². The summed E-state index contributed by atoms with van der Waals surface area (Å²) in [5.41, 5.74) is 1.91. The number of fused-ring (bicyclic) bond motifs is 4. The van der Waals surface area contributed by atoms with E-state index in [1.807, 2.05) is 16.9 Å². The van der Waals surface area contributed by atoms with Crippen LogP contribution < -0.4 is 10.6 Å². The number of para-hydroxylation sites is 2.